The van der Waals surface area contributed by atoms with Gasteiger partial charge in [-0.1, -0.05) is 0 Å². The minimum Gasteiger partial charge on any atom is -0.497 e. The van der Waals surface area contributed by atoms with E-state index in [1.54, 1.807) is 37.3 Å². The summed E-state index contributed by atoms with van der Waals surface area (Å²) in [5, 5.41) is 6.26. The minimum atomic E-state index is -0.295. The maximum Gasteiger partial charge on any atom is 0.409 e. The van der Waals surface area contributed by atoms with Gasteiger partial charge in [0.05, 0.1) is 13.7 Å². The van der Waals surface area contributed by atoms with Crippen molar-refractivity contribution in [3.8, 4) is 5.75 Å². The molecule has 3 rings (SSSR count). The summed E-state index contributed by atoms with van der Waals surface area (Å²) in [5.74, 6) is 0.553. The molecule has 8 heteroatoms. The van der Waals surface area contributed by atoms with Crippen LogP contribution in [0.25, 0.3) is 0 Å². The molecule has 2 N–H and O–H groups in total. The maximum atomic E-state index is 12.6. The summed E-state index contributed by atoms with van der Waals surface area (Å²) in [6, 6.07) is 11.0. The third kappa shape index (κ3) is 5.60. The SMILES string of the molecule is CCOC(=O)N1CCC(NC(=O)c2cc(Nc3ccc(OC)cc3)ccn2)CC1. The summed E-state index contributed by atoms with van der Waals surface area (Å²) in [7, 11) is 1.62. The van der Waals surface area contributed by atoms with Crippen molar-refractivity contribution < 1.29 is 19.1 Å². The van der Waals surface area contributed by atoms with Gasteiger partial charge in [-0.2, -0.15) is 0 Å². The van der Waals surface area contributed by atoms with E-state index in [9.17, 15) is 9.59 Å². The van der Waals surface area contributed by atoms with Crippen molar-refractivity contribution in [2.45, 2.75) is 25.8 Å². The molecule has 1 aromatic heterocycles. The molecule has 2 heterocycles. The molecule has 8 nitrogen and oxygen atoms in total. The zero-order chi connectivity index (χ0) is 20.6. The second-order valence-corrected chi connectivity index (χ2v) is 6.72. The lowest BCUT2D eigenvalue weighted by atomic mass is 10.1. The molecule has 154 valence electrons. The van der Waals surface area contributed by atoms with E-state index in [0.717, 1.165) is 17.1 Å². The van der Waals surface area contributed by atoms with Gasteiger partial charge in [0.1, 0.15) is 11.4 Å². The number of rotatable bonds is 6. The van der Waals surface area contributed by atoms with Crippen molar-refractivity contribution in [2.75, 3.05) is 32.1 Å². The van der Waals surface area contributed by atoms with Gasteiger partial charge in [-0.15, -0.1) is 0 Å². The number of likely N-dealkylation sites (tertiary alicyclic amines) is 1. The van der Waals surface area contributed by atoms with E-state index in [0.29, 0.717) is 38.2 Å². The number of piperidine rings is 1. The van der Waals surface area contributed by atoms with Crippen molar-refractivity contribution in [2.24, 2.45) is 0 Å². The molecule has 2 aromatic rings. The number of aromatic nitrogens is 1. The van der Waals surface area contributed by atoms with Crippen molar-refractivity contribution >= 4 is 23.4 Å². The van der Waals surface area contributed by atoms with Gasteiger partial charge in [-0.25, -0.2) is 4.79 Å². The van der Waals surface area contributed by atoms with Crippen molar-refractivity contribution in [1.29, 1.82) is 0 Å². The van der Waals surface area contributed by atoms with Gasteiger partial charge < -0.3 is 25.0 Å². The summed E-state index contributed by atoms with van der Waals surface area (Å²) in [5.41, 5.74) is 2.00. The molecule has 29 heavy (non-hydrogen) atoms. The Kier molecular flexibility index (Phi) is 6.89. The first-order valence-corrected chi connectivity index (χ1v) is 9.68. The fraction of sp³-hybridized carbons (Fsp3) is 0.381. The second kappa shape index (κ2) is 9.77. The number of benzene rings is 1. The van der Waals surface area contributed by atoms with Crippen LogP contribution in [0.5, 0.6) is 5.75 Å². The van der Waals surface area contributed by atoms with Crippen LogP contribution in [-0.4, -0.2) is 54.7 Å². The molecular formula is C21H26N4O4. The molecule has 1 aromatic carbocycles. The van der Waals surface area contributed by atoms with E-state index in [1.807, 2.05) is 24.3 Å². The van der Waals surface area contributed by atoms with Gasteiger partial charge in [0.2, 0.25) is 0 Å². The molecule has 0 unspecified atom stereocenters. The maximum absolute atomic E-state index is 12.6. The molecule has 0 radical (unpaired) electrons. The van der Waals surface area contributed by atoms with E-state index in [-0.39, 0.29) is 18.0 Å². The lowest BCUT2D eigenvalue weighted by Gasteiger charge is -2.31. The van der Waals surface area contributed by atoms with Crippen molar-refractivity contribution in [1.82, 2.24) is 15.2 Å². The molecule has 0 saturated carbocycles. The van der Waals surface area contributed by atoms with Crippen molar-refractivity contribution in [3.63, 3.8) is 0 Å². The number of amides is 2. The minimum absolute atomic E-state index is 0.00757. The number of methoxy groups -OCH3 is 1. The van der Waals surface area contributed by atoms with Crippen LogP contribution < -0.4 is 15.4 Å². The Hall–Kier alpha value is -3.29. The Labute approximate surface area is 170 Å². The zero-order valence-corrected chi connectivity index (χ0v) is 16.7. The Morgan fingerprint density at radius 2 is 1.86 bits per heavy atom. The molecule has 1 saturated heterocycles. The first-order valence-electron chi connectivity index (χ1n) is 9.68. The monoisotopic (exact) mass is 398 g/mol. The van der Waals surface area contributed by atoms with E-state index in [2.05, 4.69) is 15.6 Å². The summed E-state index contributed by atoms with van der Waals surface area (Å²) in [6.45, 7) is 3.28. The molecular weight excluding hydrogens is 372 g/mol. The van der Waals surface area contributed by atoms with E-state index in [4.69, 9.17) is 9.47 Å². The second-order valence-electron chi connectivity index (χ2n) is 6.72. The van der Waals surface area contributed by atoms with Crippen LogP contribution in [0.2, 0.25) is 0 Å². The average Bonchev–Trinajstić information content (AvgIpc) is 2.75. The van der Waals surface area contributed by atoms with E-state index in [1.165, 1.54) is 0 Å². The summed E-state index contributed by atoms with van der Waals surface area (Å²) in [4.78, 5) is 30.2. The molecule has 2 amide bonds. The van der Waals surface area contributed by atoms with Gasteiger partial charge in [-0.3, -0.25) is 9.78 Å². The number of ether oxygens (including phenoxy) is 2. The number of anilines is 2. The average molecular weight is 398 g/mol. The van der Waals surface area contributed by atoms with Crippen LogP contribution in [0, 0.1) is 0 Å². The normalized spacial score (nSPS) is 14.2. The van der Waals surface area contributed by atoms with Gasteiger partial charge in [0.15, 0.2) is 0 Å². The molecule has 0 spiro atoms. The Morgan fingerprint density at radius 1 is 1.14 bits per heavy atom. The molecule has 0 bridgehead atoms. The largest absolute Gasteiger partial charge is 0.497 e. The molecule has 0 atom stereocenters. The van der Waals surface area contributed by atoms with Crippen LogP contribution in [0.4, 0.5) is 16.2 Å². The first-order chi connectivity index (χ1) is 14.1. The topological polar surface area (TPSA) is 92.8 Å². The number of hydrogen-bond donors (Lipinski definition) is 2. The van der Waals surface area contributed by atoms with Gasteiger partial charge >= 0.3 is 6.09 Å². The van der Waals surface area contributed by atoms with E-state index >= 15 is 0 Å². The number of pyridine rings is 1. The van der Waals surface area contributed by atoms with Gasteiger partial charge in [0, 0.05) is 36.7 Å². The fourth-order valence-corrected chi connectivity index (χ4v) is 3.15. The Morgan fingerprint density at radius 3 is 2.52 bits per heavy atom. The number of nitrogens with one attached hydrogen (secondary N) is 2. The molecule has 1 aliphatic rings. The number of nitrogens with zero attached hydrogens (tertiary/aromatic N) is 2. The first kappa shape index (κ1) is 20.4. The molecule has 1 fully saturated rings. The van der Waals surface area contributed by atoms with Crippen LogP contribution >= 0.6 is 0 Å². The highest BCUT2D eigenvalue weighted by Crippen LogP contribution is 2.20. The van der Waals surface area contributed by atoms with Gasteiger partial charge in [-0.05, 0) is 56.2 Å². The molecule has 1 aliphatic heterocycles. The highest BCUT2D eigenvalue weighted by atomic mass is 16.6. The lowest BCUT2D eigenvalue weighted by Crippen LogP contribution is -2.46. The van der Waals surface area contributed by atoms with Gasteiger partial charge in [0.25, 0.3) is 5.91 Å². The van der Waals surface area contributed by atoms with Crippen LogP contribution in [-0.2, 0) is 4.74 Å². The predicted molar refractivity (Wildman–Crippen MR) is 110 cm³/mol. The third-order valence-electron chi connectivity index (χ3n) is 4.73. The predicted octanol–water partition coefficient (Wildman–Crippen LogP) is 3.18. The smallest absolute Gasteiger partial charge is 0.409 e. The highest BCUT2D eigenvalue weighted by Gasteiger charge is 2.25. The summed E-state index contributed by atoms with van der Waals surface area (Å²) in [6.07, 6.45) is 2.68. The Bertz CT molecular complexity index is 833. The Balaban J connectivity index is 1.55. The lowest BCUT2D eigenvalue weighted by molar-refractivity contribution is 0.0856. The number of carbonyl (C=O) groups is 2. The molecule has 0 aliphatic carbocycles. The zero-order valence-electron chi connectivity index (χ0n) is 16.7. The van der Waals surface area contributed by atoms with Crippen LogP contribution in [0.15, 0.2) is 42.6 Å². The van der Waals surface area contributed by atoms with E-state index < -0.39 is 0 Å². The van der Waals surface area contributed by atoms with Crippen molar-refractivity contribution in [3.05, 3.63) is 48.3 Å². The quantitative estimate of drug-likeness (QED) is 0.776. The number of hydrogen-bond acceptors (Lipinski definition) is 6. The van der Waals surface area contributed by atoms with Crippen LogP contribution in [0.1, 0.15) is 30.3 Å². The highest BCUT2D eigenvalue weighted by molar-refractivity contribution is 5.93. The van der Waals surface area contributed by atoms with Crippen LogP contribution in [0.3, 0.4) is 0 Å². The summed E-state index contributed by atoms with van der Waals surface area (Å²) < 4.78 is 10.2. The third-order valence-corrected chi connectivity index (χ3v) is 4.73. The number of carbonyl (C=O) groups excluding carboxylic acids is 2. The standard InChI is InChI=1S/C21H26N4O4/c1-3-29-21(27)25-12-9-16(10-13-25)24-20(26)19-14-17(8-11-22-19)23-15-4-6-18(28-2)7-5-15/h4-8,11,14,16H,3,9-10,12-13H2,1-2H3,(H,22,23)(H,24,26). The summed E-state index contributed by atoms with van der Waals surface area (Å²) >= 11 is 0. The fourth-order valence-electron chi connectivity index (χ4n) is 3.15.